The largest absolute Gasteiger partial charge is 0.497 e. The van der Waals surface area contributed by atoms with Gasteiger partial charge in [0, 0.05) is 13.5 Å². The second-order valence-electron chi connectivity index (χ2n) is 4.16. The predicted octanol–water partition coefficient (Wildman–Crippen LogP) is 1.41. The second kappa shape index (κ2) is 7.14. The fourth-order valence-electron chi connectivity index (χ4n) is 1.59. The first kappa shape index (κ1) is 16.3. The Morgan fingerprint density at radius 3 is 2.30 bits per heavy atom. The average Bonchev–Trinajstić information content (AvgIpc) is 2.46. The third-order valence-corrected chi connectivity index (χ3v) is 4.71. The molecule has 1 rings (SSSR count). The van der Waals surface area contributed by atoms with E-state index in [0.717, 1.165) is 0 Å². The van der Waals surface area contributed by atoms with E-state index in [0.29, 0.717) is 11.4 Å². The summed E-state index contributed by atoms with van der Waals surface area (Å²) in [5.41, 5.74) is 0.545. The molecule has 0 amide bonds. The lowest BCUT2D eigenvalue weighted by Gasteiger charge is -2.19. The molecule has 0 aromatic heterocycles. The van der Waals surface area contributed by atoms with E-state index >= 15 is 0 Å². The number of hydrogen-bond donors (Lipinski definition) is 0. The van der Waals surface area contributed by atoms with Crippen LogP contribution in [0.3, 0.4) is 0 Å². The highest BCUT2D eigenvalue weighted by Gasteiger charge is 2.18. The van der Waals surface area contributed by atoms with Gasteiger partial charge >= 0.3 is 5.97 Å². The molecular formula is C13H19NO5S. The molecule has 0 aliphatic rings. The van der Waals surface area contributed by atoms with E-state index in [9.17, 15) is 13.2 Å². The van der Waals surface area contributed by atoms with Crippen LogP contribution in [0.1, 0.15) is 12.8 Å². The summed E-state index contributed by atoms with van der Waals surface area (Å²) in [4.78, 5) is 11.0. The van der Waals surface area contributed by atoms with Crippen LogP contribution in [-0.4, -0.2) is 41.4 Å². The number of carbonyl (C=O) groups excluding carboxylic acids is 1. The molecule has 0 aliphatic heterocycles. The second-order valence-corrected chi connectivity index (χ2v) is 6.28. The quantitative estimate of drug-likeness (QED) is 0.712. The summed E-state index contributed by atoms with van der Waals surface area (Å²) in [6, 6.07) is 6.71. The van der Waals surface area contributed by atoms with E-state index in [1.807, 2.05) is 0 Å². The summed E-state index contributed by atoms with van der Waals surface area (Å²) >= 11 is 0. The third-order valence-electron chi connectivity index (χ3n) is 2.86. The number of nitrogens with zero attached hydrogens (tertiary/aromatic N) is 1. The van der Waals surface area contributed by atoms with Crippen molar-refractivity contribution in [1.82, 2.24) is 0 Å². The SMILES string of the molecule is COC(=O)CCCS(=O)(=O)N(C)c1ccc(OC)cc1. The number of anilines is 1. The Bertz CT molecular complexity index is 538. The molecule has 0 bridgehead atoms. The Balaban J connectivity index is 2.68. The van der Waals surface area contributed by atoms with Gasteiger partial charge in [-0.25, -0.2) is 8.42 Å². The number of benzene rings is 1. The Labute approximate surface area is 119 Å². The fourth-order valence-corrected chi connectivity index (χ4v) is 2.82. The topological polar surface area (TPSA) is 72.9 Å². The Morgan fingerprint density at radius 1 is 1.20 bits per heavy atom. The first-order valence-corrected chi connectivity index (χ1v) is 7.69. The molecule has 0 atom stereocenters. The van der Waals surface area contributed by atoms with E-state index in [-0.39, 0.29) is 18.6 Å². The number of methoxy groups -OCH3 is 2. The van der Waals surface area contributed by atoms with E-state index in [4.69, 9.17) is 4.74 Å². The molecule has 0 spiro atoms. The fraction of sp³-hybridized carbons (Fsp3) is 0.462. The molecule has 1 aromatic rings. The molecule has 0 saturated heterocycles. The highest BCUT2D eigenvalue weighted by Crippen LogP contribution is 2.20. The summed E-state index contributed by atoms with van der Waals surface area (Å²) in [6.07, 6.45) is 0.321. The van der Waals surface area contributed by atoms with Gasteiger partial charge in [-0.3, -0.25) is 9.10 Å². The van der Waals surface area contributed by atoms with Crippen molar-refractivity contribution in [3.05, 3.63) is 24.3 Å². The molecule has 0 N–H and O–H groups in total. The molecule has 112 valence electrons. The smallest absolute Gasteiger partial charge is 0.305 e. The summed E-state index contributed by atoms with van der Waals surface area (Å²) in [5, 5.41) is 0. The van der Waals surface area contributed by atoms with Crippen LogP contribution in [0.25, 0.3) is 0 Å². The zero-order valence-corrected chi connectivity index (χ0v) is 12.6. The van der Waals surface area contributed by atoms with Crippen LogP contribution < -0.4 is 9.04 Å². The highest BCUT2D eigenvalue weighted by molar-refractivity contribution is 7.92. The van der Waals surface area contributed by atoms with Crippen LogP contribution >= 0.6 is 0 Å². The zero-order valence-electron chi connectivity index (χ0n) is 11.8. The van der Waals surface area contributed by atoms with Gasteiger partial charge in [0.1, 0.15) is 5.75 Å². The number of hydrogen-bond acceptors (Lipinski definition) is 5. The van der Waals surface area contributed by atoms with Crippen molar-refractivity contribution >= 4 is 21.7 Å². The lowest BCUT2D eigenvalue weighted by molar-refractivity contribution is -0.140. The van der Waals surface area contributed by atoms with Gasteiger partial charge in [-0.05, 0) is 30.7 Å². The maximum Gasteiger partial charge on any atom is 0.305 e. The normalized spacial score (nSPS) is 10.9. The van der Waals surface area contributed by atoms with Crippen LogP contribution in [0.15, 0.2) is 24.3 Å². The van der Waals surface area contributed by atoms with Crippen LogP contribution in [0, 0.1) is 0 Å². The number of esters is 1. The maximum absolute atomic E-state index is 12.1. The summed E-state index contributed by atoms with van der Waals surface area (Å²) in [6.45, 7) is 0. The Kier molecular flexibility index (Phi) is 5.82. The number of rotatable bonds is 7. The van der Waals surface area contributed by atoms with Crippen LogP contribution in [0.4, 0.5) is 5.69 Å². The Hall–Kier alpha value is -1.76. The monoisotopic (exact) mass is 301 g/mol. The number of ether oxygens (including phenoxy) is 2. The Morgan fingerprint density at radius 2 is 1.80 bits per heavy atom. The minimum absolute atomic E-state index is 0.0895. The summed E-state index contributed by atoms with van der Waals surface area (Å²) in [5.74, 6) is 0.141. The summed E-state index contributed by atoms with van der Waals surface area (Å²) < 4.78 is 34.9. The minimum atomic E-state index is -3.45. The zero-order chi connectivity index (χ0) is 15.2. The summed E-state index contributed by atoms with van der Waals surface area (Å²) in [7, 11) is 0.851. The van der Waals surface area contributed by atoms with Crippen LogP contribution in [0.5, 0.6) is 5.75 Å². The van der Waals surface area contributed by atoms with Crippen molar-refractivity contribution in [3.63, 3.8) is 0 Å². The van der Waals surface area contributed by atoms with Gasteiger partial charge in [0.2, 0.25) is 10.0 Å². The molecule has 0 radical (unpaired) electrons. The van der Waals surface area contributed by atoms with E-state index < -0.39 is 16.0 Å². The molecular weight excluding hydrogens is 282 g/mol. The van der Waals surface area contributed by atoms with Crippen molar-refractivity contribution in [2.45, 2.75) is 12.8 Å². The number of sulfonamides is 1. The van der Waals surface area contributed by atoms with Gasteiger partial charge in [-0.1, -0.05) is 0 Å². The van der Waals surface area contributed by atoms with Crippen LogP contribution in [0.2, 0.25) is 0 Å². The molecule has 0 saturated carbocycles. The molecule has 6 nitrogen and oxygen atoms in total. The third kappa shape index (κ3) is 4.41. The molecule has 7 heteroatoms. The van der Waals surface area contributed by atoms with Gasteiger partial charge in [-0.15, -0.1) is 0 Å². The van der Waals surface area contributed by atoms with E-state index in [1.165, 1.54) is 18.5 Å². The number of carbonyl (C=O) groups is 1. The van der Waals surface area contributed by atoms with Gasteiger partial charge in [0.25, 0.3) is 0 Å². The van der Waals surface area contributed by atoms with Crippen LogP contribution in [-0.2, 0) is 19.6 Å². The van der Waals surface area contributed by atoms with Gasteiger partial charge in [0.05, 0.1) is 25.7 Å². The van der Waals surface area contributed by atoms with Gasteiger partial charge < -0.3 is 9.47 Å². The molecule has 0 unspecified atom stereocenters. The first-order chi connectivity index (χ1) is 9.40. The van der Waals surface area contributed by atoms with Crippen molar-refractivity contribution in [2.75, 3.05) is 31.3 Å². The van der Waals surface area contributed by atoms with E-state index in [1.54, 1.807) is 31.4 Å². The first-order valence-electron chi connectivity index (χ1n) is 6.08. The van der Waals surface area contributed by atoms with Gasteiger partial charge in [0.15, 0.2) is 0 Å². The molecule has 1 aromatic carbocycles. The minimum Gasteiger partial charge on any atom is -0.497 e. The van der Waals surface area contributed by atoms with Crippen molar-refractivity contribution in [2.24, 2.45) is 0 Å². The average molecular weight is 301 g/mol. The lowest BCUT2D eigenvalue weighted by atomic mass is 10.3. The molecule has 20 heavy (non-hydrogen) atoms. The predicted molar refractivity (Wildman–Crippen MR) is 76.4 cm³/mol. The van der Waals surface area contributed by atoms with Crippen molar-refractivity contribution in [1.29, 1.82) is 0 Å². The lowest BCUT2D eigenvalue weighted by Crippen LogP contribution is -2.29. The van der Waals surface area contributed by atoms with E-state index in [2.05, 4.69) is 4.74 Å². The standard InChI is InChI=1S/C13H19NO5S/c1-14(11-6-8-12(18-2)9-7-11)20(16,17)10-4-5-13(15)19-3/h6-9H,4-5,10H2,1-3H3. The van der Waals surface area contributed by atoms with Crippen molar-refractivity contribution < 1.29 is 22.7 Å². The van der Waals surface area contributed by atoms with Crippen molar-refractivity contribution in [3.8, 4) is 5.75 Å². The highest BCUT2D eigenvalue weighted by atomic mass is 32.2. The molecule has 0 aliphatic carbocycles. The molecule has 0 heterocycles. The maximum atomic E-state index is 12.1. The molecule has 0 fully saturated rings. The van der Waals surface area contributed by atoms with Gasteiger partial charge in [-0.2, -0.15) is 0 Å².